The SMILES string of the molecule is CCOc1ccc(S(=O)(=O)N2CCN(C)CC2)cc1-c1nc(=O)c2c([nH]1)c(C)nn2C. The van der Waals surface area contributed by atoms with Gasteiger partial charge < -0.3 is 14.6 Å². The number of nitrogens with one attached hydrogen (secondary N) is 1. The van der Waals surface area contributed by atoms with Gasteiger partial charge in [-0.2, -0.15) is 14.4 Å². The fourth-order valence-corrected chi connectivity index (χ4v) is 5.24. The number of piperazine rings is 1. The van der Waals surface area contributed by atoms with Gasteiger partial charge >= 0.3 is 0 Å². The number of sulfonamides is 1. The Balaban J connectivity index is 1.85. The van der Waals surface area contributed by atoms with Crippen molar-refractivity contribution in [3.05, 3.63) is 34.2 Å². The van der Waals surface area contributed by atoms with Crippen molar-refractivity contribution in [1.82, 2.24) is 29.0 Å². The lowest BCUT2D eigenvalue weighted by atomic mass is 10.2. The van der Waals surface area contributed by atoms with Gasteiger partial charge in [0.05, 0.1) is 28.3 Å². The monoisotopic (exact) mass is 446 g/mol. The van der Waals surface area contributed by atoms with Crippen molar-refractivity contribution in [1.29, 1.82) is 0 Å². The van der Waals surface area contributed by atoms with Crippen molar-refractivity contribution < 1.29 is 13.2 Å². The Morgan fingerprint density at radius 2 is 1.87 bits per heavy atom. The van der Waals surface area contributed by atoms with Crippen LogP contribution in [-0.4, -0.2) is 77.2 Å². The number of ether oxygens (including phenoxy) is 1. The maximum Gasteiger partial charge on any atom is 0.299 e. The molecule has 0 bridgehead atoms. The Hall–Kier alpha value is -2.76. The minimum absolute atomic E-state index is 0.140. The third-order valence-corrected chi connectivity index (χ3v) is 7.38. The van der Waals surface area contributed by atoms with Crippen molar-refractivity contribution in [2.75, 3.05) is 39.8 Å². The van der Waals surface area contributed by atoms with E-state index >= 15 is 0 Å². The first-order valence-electron chi connectivity index (χ1n) is 10.1. The van der Waals surface area contributed by atoms with Crippen molar-refractivity contribution >= 4 is 21.1 Å². The summed E-state index contributed by atoms with van der Waals surface area (Å²) in [5, 5.41) is 4.28. The highest BCUT2D eigenvalue weighted by Crippen LogP contribution is 2.32. The van der Waals surface area contributed by atoms with Crippen molar-refractivity contribution in [3.8, 4) is 17.1 Å². The summed E-state index contributed by atoms with van der Waals surface area (Å²) < 4.78 is 35.2. The van der Waals surface area contributed by atoms with E-state index in [2.05, 4.69) is 20.0 Å². The first kappa shape index (κ1) is 21.5. The first-order valence-corrected chi connectivity index (χ1v) is 11.6. The number of fused-ring (bicyclic) bond motifs is 1. The molecule has 0 radical (unpaired) electrons. The van der Waals surface area contributed by atoms with Gasteiger partial charge in [-0.1, -0.05) is 0 Å². The molecule has 11 heteroatoms. The smallest absolute Gasteiger partial charge is 0.299 e. The van der Waals surface area contributed by atoms with Gasteiger partial charge in [0.2, 0.25) is 10.0 Å². The van der Waals surface area contributed by atoms with Gasteiger partial charge in [0.15, 0.2) is 5.52 Å². The minimum Gasteiger partial charge on any atom is -0.493 e. The van der Waals surface area contributed by atoms with Gasteiger partial charge in [-0.25, -0.2) is 8.42 Å². The number of hydrogen-bond donors (Lipinski definition) is 1. The van der Waals surface area contributed by atoms with Crippen LogP contribution in [0.4, 0.5) is 0 Å². The van der Waals surface area contributed by atoms with E-state index in [1.165, 1.54) is 21.1 Å². The minimum atomic E-state index is -3.69. The molecule has 0 spiro atoms. The van der Waals surface area contributed by atoms with E-state index in [0.717, 1.165) is 0 Å². The van der Waals surface area contributed by atoms with Crippen LogP contribution in [0.25, 0.3) is 22.4 Å². The molecule has 0 atom stereocenters. The third-order valence-electron chi connectivity index (χ3n) is 5.49. The lowest BCUT2D eigenvalue weighted by molar-refractivity contribution is 0.222. The molecule has 0 unspecified atom stereocenters. The normalized spacial score (nSPS) is 16.1. The molecular weight excluding hydrogens is 420 g/mol. The summed E-state index contributed by atoms with van der Waals surface area (Å²) in [6, 6.07) is 4.67. The van der Waals surface area contributed by atoms with Gasteiger partial charge in [-0.3, -0.25) is 9.48 Å². The summed E-state index contributed by atoms with van der Waals surface area (Å²) in [5.74, 6) is 0.691. The molecule has 10 nitrogen and oxygen atoms in total. The van der Waals surface area contributed by atoms with E-state index in [9.17, 15) is 13.2 Å². The molecule has 3 heterocycles. The maximum atomic E-state index is 13.2. The third kappa shape index (κ3) is 3.84. The summed E-state index contributed by atoms with van der Waals surface area (Å²) in [5.41, 5.74) is 1.55. The van der Waals surface area contributed by atoms with Crippen molar-refractivity contribution in [2.24, 2.45) is 7.05 Å². The van der Waals surface area contributed by atoms with Gasteiger partial charge in [-0.15, -0.1) is 0 Å². The van der Waals surface area contributed by atoms with Crippen LogP contribution in [0.5, 0.6) is 5.75 Å². The highest BCUT2D eigenvalue weighted by Gasteiger charge is 2.28. The summed E-state index contributed by atoms with van der Waals surface area (Å²) in [6.45, 7) is 6.22. The number of benzene rings is 1. The molecule has 0 amide bonds. The van der Waals surface area contributed by atoms with Gasteiger partial charge in [0.1, 0.15) is 11.6 Å². The van der Waals surface area contributed by atoms with Gasteiger partial charge in [-0.05, 0) is 39.1 Å². The molecule has 0 aliphatic carbocycles. The van der Waals surface area contributed by atoms with E-state index < -0.39 is 15.6 Å². The molecule has 1 aromatic carbocycles. The molecule has 1 fully saturated rings. The molecule has 1 aliphatic rings. The number of rotatable bonds is 5. The van der Waals surface area contributed by atoms with Crippen molar-refractivity contribution in [3.63, 3.8) is 0 Å². The Labute approximate surface area is 180 Å². The Morgan fingerprint density at radius 1 is 1.16 bits per heavy atom. The van der Waals surface area contributed by atoms with Crippen LogP contribution < -0.4 is 10.3 Å². The standard InChI is InChI=1S/C20H26N6O4S/c1-5-30-16-7-6-14(31(28,29)26-10-8-24(3)9-11-26)12-15(16)19-21-17-13(2)23-25(4)18(17)20(27)22-19/h6-7,12H,5,8-11H2,1-4H3,(H,21,22,27). The zero-order valence-electron chi connectivity index (χ0n) is 18.0. The molecule has 1 N–H and O–H groups in total. The van der Waals surface area contributed by atoms with E-state index in [0.29, 0.717) is 60.8 Å². The van der Waals surface area contributed by atoms with Crippen LogP contribution in [0, 0.1) is 6.92 Å². The Bertz CT molecular complexity index is 1290. The molecule has 3 aromatic rings. The molecule has 1 aliphatic heterocycles. The summed E-state index contributed by atoms with van der Waals surface area (Å²) in [7, 11) is -0.0384. The van der Waals surface area contributed by atoms with E-state index in [1.54, 1.807) is 20.0 Å². The lowest BCUT2D eigenvalue weighted by Crippen LogP contribution is -2.47. The molecule has 31 heavy (non-hydrogen) atoms. The fourth-order valence-electron chi connectivity index (χ4n) is 3.80. The molecular formula is C20H26N6O4S. The molecule has 0 saturated carbocycles. The predicted molar refractivity (Wildman–Crippen MR) is 117 cm³/mol. The predicted octanol–water partition coefficient (Wildman–Crippen LogP) is 0.967. The maximum absolute atomic E-state index is 13.2. The number of aromatic amines is 1. The van der Waals surface area contributed by atoms with E-state index in [4.69, 9.17) is 4.74 Å². The summed E-state index contributed by atoms with van der Waals surface area (Å²) >= 11 is 0. The Kier molecular flexibility index (Phi) is 5.58. The Morgan fingerprint density at radius 3 is 2.55 bits per heavy atom. The number of likely N-dealkylation sites (N-methyl/N-ethyl adjacent to an activating group) is 1. The van der Waals surface area contributed by atoms with Gasteiger partial charge in [0, 0.05) is 33.2 Å². The van der Waals surface area contributed by atoms with E-state index in [-0.39, 0.29) is 10.7 Å². The van der Waals surface area contributed by atoms with Gasteiger partial charge in [0.25, 0.3) is 5.56 Å². The lowest BCUT2D eigenvalue weighted by Gasteiger charge is -2.31. The molecule has 1 saturated heterocycles. The average molecular weight is 447 g/mol. The number of aryl methyl sites for hydroxylation is 2. The largest absolute Gasteiger partial charge is 0.493 e. The van der Waals surface area contributed by atoms with Crippen LogP contribution >= 0.6 is 0 Å². The quantitative estimate of drug-likeness (QED) is 0.621. The zero-order chi connectivity index (χ0) is 22.3. The second kappa shape index (κ2) is 8.06. The number of H-pyrrole nitrogens is 1. The average Bonchev–Trinajstić information content (AvgIpc) is 3.02. The molecule has 166 valence electrons. The first-order chi connectivity index (χ1) is 14.7. The van der Waals surface area contributed by atoms with Crippen LogP contribution in [0.15, 0.2) is 27.9 Å². The van der Waals surface area contributed by atoms with E-state index in [1.807, 2.05) is 14.0 Å². The van der Waals surface area contributed by atoms with Crippen LogP contribution in [0.1, 0.15) is 12.6 Å². The fraction of sp³-hybridized carbons (Fsp3) is 0.450. The summed E-state index contributed by atoms with van der Waals surface area (Å²) in [4.78, 5) is 22.2. The topological polar surface area (TPSA) is 113 Å². The molecule has 2 aromatic heterocycles. The summed E-state index contributed by atoms with van der Waals surface area (Å²) in [6.07, 6.45) is 0. The zero-order valence-corrected chi connectivity index (χ0v) is 18.9. The number of hydrogen-bond acceptors (Lipinski definition) is 7. The highest BCUT2D eigenvalue weighted by atomic mass is 32.2. The van der Waals surface area contributed by atoms with Crippen molar-refractivity contribution in [2.45, 2.75) is 18.7 Å². The van der Waals surface area contributed by atoms with Crippen LogP contribution in [0.3, 0.4) is 0 Å². The second-order valence-electron chi connectivity index (χ2n) is 7.62. The van der Waals surface area contributed by atoms with Crippen LogP contribution in [0.2, 0.25) is 0 Å². The van der Waals surface area contributed by atoms with Crippen LogP contribution in [-0.2, 0) is 17.1 Å². The highest BCUT2D eigenvalue weighted by molar-refractivity contribution is 7.89. The second-order valence-corrected chi connectivity index (χ2v) is 9.56. The number of nitrogens with zero attached hydrogens (tertiary/aromatic N) is 5. The number of aromatic nitrogens is 4. The molecule has 4 rings (SSSR count).